The first-order valence-corrected chi connectivity index (χ1v) is 7.25. The van der Waals surface area contributed by atoms with E-state index in [0.717, 1.165) is 11.3 Å². The molecule has 1 aromatic heterocycles. The van der Waals surface area contributed by atoms with Crippen LogP contribution < -0.4 is 10.6 Å². The van der Waals surface area contributed by atoms with Crippen molar-refractivity contribution in [3.8, 4) is 0 Å². The molecule has 1 saturated heterocycles. The van der Waals surface area contributed by atoms with Gasteiger partial charge in [0.15, 0.2) is 18.3 Å². The molecule has 0 bridgehead atoms. The summed E-state index contributed by atoms with van der Waals surface area (Å²) in [6.07, 6.45) is 1.62. The van der Waals surface area contributed by atoms with Crippen molar-refractivity contribution < 1.29 is 19.3 Å². The molecule has 2 aromatic rings. The van der Waals surface area contributed by atoms with Gasteiger partial charge in [-0.1, -0.05) is 30.3 Å². The summed E-state index contributed by atoms with van der Waals surface area (Å²) in [4.78, 5) is 24.9. The van der Waals surface area contributed by atoms with Crippen molar-refractivity contribution in [3.05, 3.63) is 60.1 Å². The number of carbonyl (C=O) groups excluding carboxylic acids is 2. The number of urea groups is 1. The monoisotopic (exact) mass is 300 g/mol. The number of furan rings is 1. The fourth-order valence-electron chi connectivity index (χ4n) is 2.58. The van der Waals surface area contributed by atoms with Gasteiger partial charge in [0, 0.05) is 18.7 Å². The Hall–Kier alpha value is -2.60. The lowest BCUT2D eigenvalue weighted by atomic mass is 10.0. The molecule has 6 heteroatoms. The molecule has 3 N–H and O–H groups in total. The molecule has 114 valence electrons. The summed E-state index contributed by atoms with van der Waals surface area (Å²) < 4.78 is 5.49. The second kappa shape index (κ2) is 6.44. The standard InChI is InChI=1S/C16H17N3O3/c20-14(19-9-8-17-16(19)21)11-18-15(13-7-4-10-22-13)12-5-2-1-3-6-12/h1-7,10,15,18H,8-9,11H2,(H,17,21)/p+1/t15-/m1/s1. The zero-order valence-corrected chi connectivity index (χ0v) is 12.1. The number of rotatable bonds is 5. The molecular formula is C16H18N3O3+. The molecule has 1 fully saturated rings. The lowest BCUT2D eigenvalue weighted by Gasteiger charge is -2.16. The van der Waals surface area contributed by atoms with Crippen LogP contribution in [0, 0.1) is 0 Å². The van der Waals surface area contributed by atoms with Crippen molar-refractivity contribution >= 4 is 11.9 Å². The van der Waals surface area contributed by atoms with Gasteiger partial charge in [-0.05, 0) is 12.1 Å². The molecule has 1 aromatic carbocycles. The molecule has 0 aliphatic carbocycles. The first-order chi connectivity index (χ1) is 10.8. The van der Waals surface area contributed by atoms with Crippen molar-refractivity contribution in [3.63, 3.8) is 0 Å². The van der Waals surface area contributed by atoms with Crippen molar-refractivity contribution in [1.82, 2.24) is 10.2 Å². The van der Waals surface area contributed by atoms with Crippen molar-refractivity contribution in [2.75, 3.05) is 19.6 Å². The molecule has 0 spiro atoms. The van der Waals surface area contributed by atoms with Gasteiger partial charge in [0.25, 0.3) is 5.91 Å². The van der Waals surface area contributed by atoms with Crippen molar-refractivity contribution in [2.24, 2.45) is 0 Å². The van der Waals surface area contributed by atoms with E-state index in [1.807, 2.05) is 47.8 Å². The summed E-state index contributed by atoms with van der Waals surface area (Å²) in [6.45, 7) is 1.14. The van der Waals surface area contributed by atoms with E-state index in [1.54, 1.807) is 6.26 Å². The predicted octanol–water partition coefficient (Wildman–Crippen LogP) is 0.484. The predicted molar refractivity (Wildman–Crippen MR) is 78.9 cm³/mol. The second-order valence-electron chi connectivity index (χ2n) is 5.12. The number of hydrogen-bond acceptors (Lipinski definition) is 3. The molecule has 3 rings (SSSR count). The van der Waals surface area contributed by atoms with Gasteiger partial charge in [-0.3, -0.25) is 9.69 Å². The zero-order chi connectivity index (χ0) is 15.4. The Kier molecular flexibility index (Phi) is 4.20. The Morgan fingerprint density at radius 1 is 1.27 bits per heavy atom. The van der Waals surface area contributed by atoms with Gasteiger partial charge in [0.2, 0.25) is 0 Å². The fraction of sp³-hybridized carbons (Fsp3) is 0.250. The van der Waals surface area contributed by atoms with Crippen LogP contribution in [0.3, 0.4) is 0 Å². The van der Waals surface area contributed by atoms with Gasteiger partial charge in [0.05, 0.1) is 6.26 Å². The Bertz CT molecular complexity index is 640. The Balaban J connectivity index is 1.71. The minimum atomic E-state index is -0.312. The number of nitrogens with one attached hydrogen (secondary N) is 1. The first kappa shape index (κ1) is 14.3. The number of carbonyl (C=O) groups is 2. The summed E-state index contributed by atoms with van der Waals surface area (Å²) in [5.74, 6) is 0.590. The van der Waals surface area contributed by atoms with Crippen LogP contribution in [0.15, 0.2) is 53.1 Å². The molecule has 6 nitrogen and oxygen atoms in total. The SMILES string of the molecule is O=C(C[NH2+][C@H](c1ccccc1)c1ccco1)N1CCNC1=O. The van der Waals surface area contributed by atoms with E-state index >= 15 is 0 Å². The lowest BCUT2D eigenvalue weighted by molar-refractivity contribution is -0.679. The maximum Gasteiger partial charge on any atom is 0.324 e. The normalized spacial score (nSPS) is 15.6. The number of nitrogens with zero attached hydrogens (tertiary/aromatic N) is 1. The first-order valence-electron chi connectivity index (χ1n) is 7.25. The molecule has 3 amide bonds. The molecule has 1 aliphatic rings. The molecule has 0 unspecified atom stereocenters. The second-order valence-corrected chi connectivity index (χ2v) is 5.12. The van der Waals surface area contributed by atoms with E-state index in [0.29, 0.717) is 13.1 Å². The van der Waals surface area contributed by atoms with Crippen molar-refractivity contribution in [2.45, 2.75) is 6.04 Å². The Morgan fingerprint density at radius 2 is 2.09 bits per heavy atom. The van der Waals surface area contributed by atoms with Gasteiger partial charge < -0.3 is 15.1 Å². The molecule has 0 saturated carbocycles. The van der Waals surface area contributed by atoms with Gasteiger partial charge in [-0.25, -0.2) is 4.79 Å². The maximum absolute atomic E-state index is 12.2. The highest BCUT2D eigenvalue weighted by atomic mass is 16.3. The number of benzene rings is 1. The van der Waals surface area contributed by atoms with Crippen LogP contribution in [0.5, 0.6) is 0 Å². The van der Waals surface area contributed by atoms with E-state index < -0.39 is 0 Å². The van der Waals surface area contributed by atoms with Crippen LogP contribution in [0.2, 0.25) is 0 Å². The number of quaternary nitrogens is 1. The summed E-state index contributed by atoms with van der Waals surface area (Å²) in [5, 5.41) is 4.52. The molecule has 1 atom stereocenters. The quantitative estimate of drug-likeness (QED) is 0.843. The highest BCUT2D eigenvalue weighted by Gasteiger charge is 2.29. The largest absolute Gasteiger partial charge is 0.463 e. The molecule has 0 radical (unpaired) electrons. The van der Waals surface area contributed by atoms with Crippen LogP contribution in [-0.4, -0.2) is 36.5 Å². The minimum absolute atomic E-state index is 0.106. The van der Waals surface area contributed by atoms with Gasteiger partial charge in [-0.2, -0.15) is 0 Å². The van der Waals surface area contributed by atoms with E-state index in [1.165, 1.54) is 4.90 Å². The summed E-state index contributed by atoms with van der Waals surface area (Å²) in [6, 6.07) is 13.1. The van der Waals surface area contributed by atoms with E-state index in [2.05, 4.69) is 5.32 Å². The highest BCUT2D eigenvalue weighted by molar-refractivity contribution is 5.96. The van der Waals surface area contributed by atoms with E-state index in [4.69, 9.17) is 4.42 Å². The fourth-order valence-corrected chi connectivity index (χ4v) is 2.58. The average molecular weight is 300 g/mol. The summed E-state index contributed by atoms with van der Waals surface area (Å²) in [5.41, 5.74) is 1.05. The highest BCUT2D eigenvalue weighted by Crippen LogP contribution is 2.18. The topological polar surface area (TPSA) is 79.2 Å². The van der Waals surface area contributed by atoms with Crippen molar-refractivity contribution in [1.29, 1.82) is 0 Å². The third-order valence-corrected chi connectivity index (χ3v) is 3.69. The lowest BCUT2D eigenvalue weighted by Crippen LogP contribution is -2.87. The van der Waals surface area contributed by atoms with E-state index in [9.17, 15) is 9.59 Å². The van der Waals surface area contributed by atoms with Crippen LogP contribution in [0.25, 0.3) is 0 Å². The van der Waals surface area contributed by atoms with Crippen LogP contribution >= 0.6 is 0 Å². The van der Waals surface area contributed by atoms with Gasteiger partial charge in [0.1, 0.15) is 0 Å². The third-order valence-electron chi connectivity index (χ3n) is 3.69. The molecular weight excluding hydrogens is 282 g/mol. The molecule has 22 heavy (non-hydrogen) atoms. The van der Waals surface area contributed by atoms with Crippen LogP contribution in [0.1, 0.15) is 17.4 Å². The smallest absolute Gasteiger partial charge is 0.324 e. The number of imide groups is 1. The number of hydrogen-bond donors (Lipinski definition) is 2. The van der Waals surface area contributed by atoms with Gasteiger partial charge >= 0.3 is 6.03 Å². The number of amides is 3. The minimum Gasteiger partial charge on any atom is -0.463 e. The number of nitrogens with two attached hydrogens (primary N) is 1. The van der Waals surface area contributed by atoms with E-state index in [-0.39, 0.29) is 24.5 Å². The van der Waals surface area contributed by atoms with Crippen LogP contribution in [-0.2, 0) is 4.79 Å². The molecule has 1 aliphatic heterocycles. The van der Waals surface area contributed by atoms with Crippen LogP contribution in [0.4, 0.5) is 4.79 Å². The third kappa shape index (κ3) is 3.01. The zero-order valence-electron chi connectivity index (χ0n) is 12.1. The molecule has 2 heterocycles. The maximum atomic E-state index is 12.2. The Morgan fingerprint density at radius 3 is 2.73 bits per heavy atom. The van der Waals surface area contributed by atoms with Gasteiger partial charge in [-0.15, -0.1) is 0 Å². The summed E-state index contributed by atoms with van der Waals surface area (Å²) in [7, 11) is 0. The Labute approximate surface area is 128 Å². The summed E-state index contributed by atoms with van der Waals surface area (Å²) >= 11 is 0. The average Bonchev–Trinajstić information content (AvgIpc) is 3.20.